The van der Waals surface area contributed by atoms with Crippen molar-refractivity contribution in [3.05, 3.63) is 0 Å². The maximum atomic E-state index is 12.2. The molecule has 0 rings (SSSR count). The van der Waals surface area contributed by atoms with E-state index in [0.29, 0.717) is 6.92 Å². The molecule has 2 atom stereocenters. The number of rotatable bonds is 1. The summed E-state index contributed by atoms with van der Waals surface area (Å²) in [6.07, 6.45) is -7.66. The van der Waals surface area contributed by atoms with E-state index in [1.165, 1.54) is 0 Å². The highest BCUT2D eigenvalue weighted by Gasteiger charge is 2.56. The molecule has 0 fully saturated rings. The first-order valence-electron chi connectivity index (χ1n) is 2.59. The summed E-state index contributed by atoms with van der Waals surface area (Å²) in [5, 5.41) is 0. The second-order valence-electron chi connectivity index (χ2n) is 2.19. The van der Waals surface area contributed by atoms with Crippen molar-refractivity contribution < 1.29 is 22.0 Å². The fraction of sp³-hybridized carbons (Fsp3) is 1.00. The quantitative estimate of drug-likeness (QED) is 0.520. The summed E-state index contributed by atoms with van der Waals surface area (Å²) in [4.78, 5) is 0. The van der Waals surface area contributed by atoms with Gasteiger partial charge in [0.05, 0.1) is 0 Å². The van der Waals surface area contributed by atoms with Crippen molar-refractivity contribution in [3.8, 4) is 0 Å². The summed E-state index contributed by atoms with van der Waals surface area (Å²) in [7, 11) is 0. The summed E-state index contributed by atoms with van der Waals surface area (Å²) < 4.78 is 58.5. The lowest BCUT2D eigenvalue weighted by molar-refractivity contribution is -0.240. The lowest BCUT2D eigenvalue weighted by Gasteiger charge is -2.24. The van der Waals surface area contributed by atoms with Gasteiger partial charge in [-0.05, 0) is 13.8 Å². The van der Waals surface area contributed by atoms with Crippen LogP contribution in [0, 0.1) is 0 Å². The Bertz CT molecular complexity index is 112. The van der Waals surface area contributed by atoms with Gasteiger partial charge >= 0.3 is 6.18 Å². The highest BCUT2D eigenvalue weighted by atomic mass is 19.4. The summed E-state index contributed by atoms with van der Waals surface area (Å²) in [6.45, 7) is 0.713. The van der Waals surface area contributed by atoms with Crippen LogP contribution in [0.3, 0.4) is 0 Å². The average molecular weight is 162 g/mol. The number of hydrogen-bond donors (Lipinski definition) is 0. The molecule has 0 spiro atoms. The van der Waals surface area contributed by atoms with E-state index in [2.05, 4.69) is 0 Å². The van der Waals surface area contributed by atoms with E-state index >= 15 is 0 Å². The van der Waals surface area contributed by atoms with Crippen LogP contribution in [0.2, 0.25) is 0 Å². The fourth-order valence-electron chi connectivity index (χ4n) is 0.226. The van der Waals surface area contributed by atoms with Gasteiger partial charge in [-0.15, -0.1) is 0 Å². The first kappa shape index (κ1) is 9.65. The van der Waals surface area contributed by atoms with Gasteiger partial charge < -0.3 is 0 Å². The van der Waals surface area contributed by atoms with Gasteiger partial charge in [0, 0.05) is 0 Å². The number of alkyl halides is 5. The molecule has 0 aliphatic heterocycles. The maximum Gasteiger partial charge on any atom is 0.425 e. The maximum absolute atomic E-state index is 12.2. The van der Waals surface area contributed by atoms with Gasteiger partial charge in [0.2, 0.25) is 5.67 Å². The first-order valence-corrected chi connectivity index (χ1v) is 2.59. The van der Waals surface area contributed by atoms with Crippen molar-refractivity contribution in [1.29, 1.82) is 0 Å². The Morgan fingerprint density at radius 2 is 1.40 bits per heavy atom. The van der Waals surface area contributed by atoms with Crippen LogP contribution in [0.5, 0.6) is 0 Å². The molecule has 0 aromatic heterocycles. The second kappa shape index (κ2) is 2.36. The lowest BCUT2D eigenvalue weighted by atomic mass is 10.0. The molecular formula is C5H7F5. The van der Waals surface area contributed by atoms with Crippen molar-refractivity contribution in [1.82, 2.24) is 0 Å². The van der Waals surface area contributed by atoms with Gasteiger partial charge in [-0.1, -0.05) is 0 Å². The van der Waals surface area contributed by atoms with Crippen molar-refractivity contribution in [2.75, 3.05) is 0 Å². The average Bonchev–Trinajstić information content (AvgIpc) is 1.62. The third-order valence-electron chi connectivity index (χ3n) is 1.30. The number of halogens is 5. The zero-order valence-corrected chi connectivity index (χ0v) is 5.47. The largest absolute Gasteiger partial charge is 0.425 e. The first-order chi connectivity index (χ1) is 4.19. The van der Waals surface area contributed by atoms with Gasteiger partial charge in [0.15, 0.2) is 0 Å². The molecule has 5 heteroatoms. The van der Waals surface area contributed by atoms with Crippen LogP contribution in [0.15, 0.2) is 0 Å². The van der Waals surface area contributed by atoms with Crippen LogP contribution >= 0.6 is 0 Å². The van der Waals surface area contributed by atoms with Gasteiger partial charge in [0.1, 0.15) is 6.17 Å². The molecule has 0 amide bonds. The molecule has 2 unspecified atom stereocenters. The summed E-state index contributed by atoms with van der Waals surface area (Å²) in [5.41, 5.74) is -3.73. The van der Waals surface area contributed by atoms with E-state index < -0.39 is 18.0 Å². The Morgan fingerprint density at radius 1 is 1.10 bits per heavy atom. The fourth-order valence-corrected chi connectivity index (χ4v) is 0.226. The smallest absolute Gasteiger partial charge is 0.244 e. The molecule has 0 N–H and O–H groups in total. The van der Waals surface area contributed by atoms with Gasteiger partial charge in [-0.25, -0.2) is 8.78 Å². The Labute approximate surface area is 55.0 Å². The third-order valence-corrected chi connectivity index (χ3v) is 1.30. The van der Waals surface area contributed by atoms with Crippen molar-refractivity contribution >= 4 is 0 Å². The molecular weight excluding hydrogens is 155 g/mol. The topological polar surface area (TPSA) is 0 Å². The van der Waals surface area contributed by atoms with Crippen molar-refractivity contribution in [2.24, 2.45) is 0 Å². The molecule has 0 heterocycles. The van der Waals surface area contributed by atoms with Crippen LogP contribution in [-0.2, 0) is 0 Å². The van der Waals surface area contributed by atoms with Gasteiger partial charge in [-0.3, -0.25) is 0 Å². The molecule has 10 heavy (non-hydrogen) atoms. The van der Waals surface area contributed by atoms with Crippen LogP contribution in [0.25, 0.3) is 0 Å². The molecule has 0 saturated carbocycles. The highest BCUT2D eigenvalue weighted by molar-refractivity contribution is 4.87. The van der Waals surface area contributed by atoms with E-state index in [1.54, 1.807) is 0 Å². The summed E-state index contributed by atoms with van der Waals surface area (Å²) in [5.74, 6) is 0. The third kappa shape index (κ3) is 1.58. The Balaban J connectivity index is 4.40. The lowest BCUT2D eigenvalue weighted by Crippen LogP contribution is -2.44. The number of hydrogen-bond acceptors (Lipinski definition) is 0. The minimum atomic E-state index is -5.12. The van der Waals surface area contributed by atoms with Crippen LogP contribution in [-0.4, -0.2) is 18.0 Å². The van der Waals surface area contributed by atoms with E-state index in [-0.39, 0.29) is 6.92 Å². The van der Waals surface area contributed by atoms with Crippen molar-refractivity contribution in [3.63, 3.8) is 0 Å². The molecule has 0 bridgehead atoms. The Hall–Kier alpha value is -0.350. The molecule has 0 aliphatic carbocycles. The summed E-state index contributed by atoms with van der Waals surface area (Å²) in [6, 6.07) is 0. The second-order valence-corrected chi connectivity index (χ2v) is 2.19. The highest BCUT2D eigenvalue weighted by Crippen LogP contribution is 2.37. The van der Waals surface area contributed by atoms with E-state index in [1.807, 2.05) is 0 Å². The SMILES string of the molecule is CC(F)C(C)(F)C(F)(F)F. The van der Waals surface area contributed by atoms with Crippen LogP contribution in [0.4, 0.5) is 22.0 Å². The van der Waals surface area contributed by atoms with Crippen LogP contribution < -0.4 is 0 Å². The predicted molar refractivity (Wildman–Crippen MR) is 26.1 cm³/mol. The predicted octanol–water partition coefficient (Wildman–Crippen LogP) is 2.63. The minimum absolute atomic E-state index is 0.178. The van der Waals surface area contributed by atoms with Crippen molar-refractivity contribution in [2.45, 2.75) is 31.9 Å². The zero-order valence-electron chi connectivity index (χ0n) is 5.47. The summed E-state index contributed by atoms with van der Waals surface area (Å²) >= 11 is 0. The normalized spacial score (nSPS) is 21.9. The van der Waals surface area contributed by atoms with E-state index in [4.69, 9.17) is 0 Å². The molecule has 0 aromatic rings. The minimum Gasteiger partial charge on any atom is -0.244 e. The Kier molecular flexibility index (Phi) is 2.28. The zero-order chi connectivity index (χ0) is 8.58. The van der Waals surface area contributed by atoms with E-state index in [0.717, 1.165) is 0 Å². The monoisotopic (exact) mass is 162 g/mol. The molecule has 0 saturated heterocycles. The van der Waals surface area contributed by atoms with Crippen LogP contribution in [0.1, 0.15) is 13.8 Å². The standard InChI is InChI=1S/C5H7F5/c1-3(6)4(2,7)5(8,9)10/h3H,1-2H3. The Morgan fingerprint density at radius 3 is 1.40 bits per heavy atom. The van der Waals surface area contributed by atoms with Gasteiger partial charge in [-0.2, -0.15) is 13.2 Å². The van der Waals surface area contributed by atoms with Gasteiger partial charge in [0.25, 0.3) is 0 Å². The molecule has 0 aliphatic rings. The molecule has 0 radical (unpaired) electrons. The van der Waals surface area contributed by atoms with E-state index in [9.17, 15) is 22.0 Å². The molecule has 0 nitrogen and oxygen atoms in total. The molecule has 62 valence electrons. The molecule has 0 aromatic carbocycles.